The summed E-state index contributed by atoms with van der Waals surface area (Å²) in [5, 5.41) is 6.91. The lowest BCUT2D eigenvalue weighted by Crippen LogP contribution is -2.34. The van der Waals surface area contributed by atoms with Crippen molar-refractivity contribution < 1.29 is 0 Å². The van der Waals surface area contributed by atoms with E-state index >= 15 is 0 Å². The molecule has 102 valence electrons. The highest BCUT2D eigenvalue weighted by Gasteiger charge is 2.18. The van der Waals surface area contributed by atoms with Crippen molar-refractivity contribution in [3.05, 3.63) is 11.1 Å². The van der Waals surface area contributed by atoms with Crippen LogP contribution in [0.25, 0.3) is 0 Å². The van der Waals surface area contributed by atoms with Crippen LogP contribution in [-0.4, -0.2) is 24.1 Å². The molecular formula is C14H25N3S. The van der Waals surface area contributed by atoms with E-state index in [-0.39, 0.29) is 0 Å². The maximum Gasteiger partial charge on any atom is 0.185 e. The Kier molecular flexibility index (Phi) is 5.01. The summed E-state index contributed by atoms with van der Waals surface area (Å²) in [7, 11) is 0. The Bertz CT molecular complexity index is 364. The first-order valence-electron chi connectivity index (χ1n) is 7.11. The molecule has 0 amide bonds. The lowest BCUT2D eigenvalue weighted by atomic mass is 10.0. The molecule has 0 radical (unpaired) electrons. The molecule has 0 aliphatic carbocycles. The molecular weight excluding hydrogens is 242 g/mol. The molecule has 2 atom stereocenters. The number of nitrogens with zero attached hydrogens (tertiary/aromatic N) is 2. The number of anilines is 1. The smallest absolute Gasteiger partial charge is 0.185 e. The van der Waals surface area contributed by atoms with E-state index in [1.165, 1.54) is 43.2 Å². The molecule has 1 aliphatic heterocycles. The van der Waals surface area contributed by atoms with Crippen LogP contribution in [0.3, 0.4) is 0 Å². The van der Waals surface area contributed by atoms with Crippen LogP contribution < -0.4 is 10.2 Å². The molecule has 2 rings (SSSR count). The van der Waals surface area contributed by atoms with E-state index in [4.69, 9.17) is 4.98 Å². The lowest BCUT2D eigenvalue weighted by Gasteiger charge is -2.30. The van der Waals surface area contributed by atoms with E-state index in [2.05, 4.69) is 36.4 Å². The van der Waals surface area contributed by atoms with Gasteiger partial charge in [0.15, 0.2) is 5.13 Å². The van der Waals surface area contributed by atoms with Crippen molar-refractivity contribution in [2.45, 2.75) is 52.6 Å². The minimum absolute atomic E-state index is 0.574. The number of aromatic nitrogens is 1. The van der Waals surface area contributed by atoms with Gasteiger partial charge in [-0.25, -0.2) is 4.98 Å². The van der Waals surface area contributed by atoms with Gasteiger partial charge in [0.2, 0.25) is 0 Å². The van der Waals surface area contributed by atoms with Crippen LogP contribution in [0.5, 0.6) is 0 Å². The van der Waals surface area contributed by atoms with E-state index in [0.717, 1.165) is 12.5 Å². The average Bonchev–Trinajstić information content (AvgIpc) is 2.84. The van der Waals surface area contributed by atoms with Gasteiger partial charge >= 0.3 is 0 Å². The largest absolute Gasteiger partial charge is 0.348 e. The van der Waals surface area contributed by atoms with Gasteiger partial charge < -0.3 is 10.2 Å². The normalized spacial score (nSPS) is 22.2. The summed E-state index contributed by atoms with van der Waals surface area (Å²) >= 11 is 1.79. The minimum Gasteiger partial charge on any atom is -0.348 e. The van der Waals surface area contributed by atoms with Gasteiger partial charge in [0.1, 0.15) is 0 Å². The van der Waals surface area contributed by atoms with Gasteiger partial charge in [-0.1, -0.05) is 13.8 Å². The third-order valence-electron chi connectivity index (χ3n) is 3.71. The molecule has 18 heavy (non-hydrogen) atoms. The molecule has 0 spiro atoms. The van der Waals surface area contributed by atoms with Crippen molar-refractivity contribution >= 4 is 16.5 Å². The number of hydrogen-bond donors (Lipinski definition) is 1. The van der Waals surface area contributed by atoms with E-state index in [1.54, 1.807) is 11.3 Å². The summed E-state index contributed by atoms with van der Waals surface area (Å²) in [4.78, 5) is 7.21. The molecule has 1 aromatic rings. The Morgan fingerprint density at radius 1 is 1.61 bits per heavy atom. The molecule has 1 saturated heterocycles. The van der Waals surface area contributed by atoms with E-state index in [0.29, 0.717) is 6.04 Å². The first-order valence-corrected chi connectivity index (χ1v) is 7.99. The summed E-state index contributed by atoms with van der Waals surface area (Å²) < 4.78 is 0. The molecule has 1 N–H and O–H groups in total. The highest BCUT2D eigenvalue weighted by atomic mass is 32.1. The molecule has 2 heterocycles. The monoisotopic (exact) mass is 267 g/mol. The van der Waals surface area contributed by atoms with Gasteiger partial charge in [-0.2, -0.15) is 0 Å². The molecule has 0 aromatic carbocycles. The van der Waals surface area contributed by atoms with Crippen LogP contribution in [0.1, 0.15) is 45.7 Å². The molecule has 2 unspecified atom stereocenters. The number of hydrogen-bond acceptors (Lipinski definition) is 4. The molecule has 1 aromatic heterocycles. The summed E-state index contributed by atoms with van der Waals surface area (Å²) in [6, 6.07) is 0.574. The third-order valence-corrected chi connectivity index (χ3v) is 4.66. The molecule has 1 fully saturated rings. The SMILES string of the molecule is CCC(C)NCc1csc(N2CCCC(C)C2)n1. The zero-order valence-electron chi connectivity index (χ0n) is 11.8. The Hall–Kier alpha value is -0.610. The van der Waals surface area contributed by atoms with Crippen molar-refractivity contribution in [3.8, 4) is 0 Å². The summed E-state index contributed by atoms with van der Waals surface area (Å²) in [5.41, 5.74) is 1.19. The van der Waals surface area contributed by atoms with E-state index < -0.39 is 0 Å². The fraction of sp³-hybridized carbons (Fsp3) is 0.786. The number of nitrogens with one attached hydrogen (secondary N) is 1. The highest BCUT2D eigenvalue weighted by molar-refractivity contribution is 7.13. The average molecular weight is 267 g/mol. The molecule has 1 aliphatic rings. The maximum absolute atomic E-state index is 4.76. The van der Waals surface area contributed by atoms with E-state index in [1.807, 2.05) is 0 Å². The van der Waals surface area contributed by atoms with E-state index in [9.17, 15) is 0 Å². The molecule has 0 bridgehead atoms. The van der Waals surface area contributed by atoms with Crippen molar-refractivity contribution in [2.75, 3.05) is 18.0 Å². The van der Waals surface area contributed by atoms with Crippen LogP contribution >= 0.6 is 11.3 Å². The number of piperidine rings is 1. The number of rotatable bonds is 5. The van der Waals surface area contributed by atoms with Crippen molar-refractivity contribution in [2.24, 2.45) is 5.92 Å². The van der Waals surface area contributed by atoms with Crippen molar-refractivity contribution in [1.29, 1.82) is 0 Å². The molecule has 0 saturated carbocycles. The second-order valence-electron chi connectivity index (χ2n) is 5.51. The summed E-state index contributed by atoms with van der Waals surface area (Å²) in [6.07, 6.45) is 3.84. The molecule has 4 heteroatoms. The van der Waals surface area contributed by atoms with Crippen LogP contribution in [0.4, 0.5) is 5.13 Å². The summed E-state index contributed by atoms with van der Waals surface area (Å²) in [6.45, 7) is 10.0. The topological polar surface area (TPSA) is 28.2 Å². The van der Waals surface area contributed by atoms with Crippen LogP contribution in [0, 0.1) is 5.92 Å². The van der Waals surface area contributed by atoms with Gasteiger partial charge in [0, 0.05) is 31.1 Å². The third kappa shape index (κ3) is 3.69. The Morgan fingerprint density at radius 2 is 2.44 bits per heavy atom. The lowest BCUT2D eigenvalue weighted by molar-refractivity contribution is 0.446. The first kappa shape index (κ1) is 13.8. The standard InChI is InChI=1S/C14H25N3S/c1-4-12(3)15-8-13-10-18-14(16-13)17-7-5-6-11(2)9-17/h10-12,15H,4-9H2,1-3H3. The molecule has 3 nitrogen and oxygen atoms in total. The number of thiazole rings is 1. The van der Waals surface area contributed by atoms with Gasteiger partial charge in [-0.05, 0) is 32.1 Å². The van der Waals surface area contributed by atoms with Crippen molar-refractivity contribution in [3.63, 3.8) is 0 Å². The van der Waals surface area contributed by atoms with Crippen LogP contribution in [-0.2, 0) is 6.54 Å². The zero-order chi connectivity index (χ0) is 13.0. The minimum atomic E-state index is 0.574. The van der Waals surface area contributed by atoms with Gasteiger partial charge in [0.25, 0.3) is 0 Å². The zero-order valence-corrected chi connectivity index (χ0v) is 12.6. The maximum atomic E-state index is 4.76. The van der Waals surface area contributed by atoms with Crippen LogP contribution in [0.15, 0.2) is 5.38 Å². The highest BCUT2D eigenvalue weighted by Crippen LogP contribution is 2.26. The Morgan fingerprint density at radius 3 is 3.17 bits per heavy atom. The Balaban J connectivity index is 1.89. The predicted octanol–water partition coefficient (Wildman–Crippen LogP) is 3.27. The van der Waals surface area contributed by atoms with Gasteiger partial charge in [0.05, 0.1) is 5.69 Å². The fourth-order valence-electron chi connectivity index (χ4n) is 2.31. The quantitative estimate of drug-likeness (QED) is 0.887. The first-order chi connectivity index (χ1) is 8.69. The Labute approximate surface area is 115 Å². The fourth-order valence-corrected chi connectivity index (χ4v) is 3.17. The summed E-state index contributed by atoms with van der Waals surface area (Å²) in [5.74, 6) is 0.810. The van der Waals surface area contributed by atoms with Crippen molar-refractivity contribution in [1.82, 2.24) is 10.3 Å². The van der Waals surface area contributed by atoms with Gasteiger partial charge in [-0.15, -0.1) is 11.3 Å². The second kappa shape index (κ2) is 6.53. The predicted molar refractivity (Wildman–Crippen MR) is 79.3 cm³/mol. The van der Waals surface area contributed by atoms with Gasteiger partial charge in [-0.3, -0.25) is 0 Å². The second-order valence-corrected chi connectivity index (χ2v) is 6.34. The van der Waals surface area contributed by atoms with Crippen LogP contribution in [0.2, 0.25) is 0 Å².